The van der Waals surface area contributed by atoms with Crippen LogP contribution in [0, 0.1) is 11.3 Å². The third kappa shape index (κ3) is 5.90. The number of ether oxygens (including phenoxy) is 1. The van der Waals surface area contributed by atoms with E-state index in [-0.39, 0.29) is 18.7 Å². The maximum atomic E-state index is 13.1. The number of anilines is 1. The van der Waals surface area contributed by atoms with Crippen molar-refractivity contribution in [1.82, 2.24) is 9.29 Å². The van der Waals surface area contributed by atoms with Gasteiger partial charge in [0.25, 0.3) is 10.0 Å². The number of aliphatic hydroxyl groups is 3. The van der Waals surface area contributed by atoms with Crippen LogP contribution in [0.25, 0.3) is 27.6 Å². The lowest BCUT2D eigenvalue weighted by molar-refractivity contribution is -0.184. The SMILES string of the molecule is CC(=C(C#N)S(=O)(=O)NCC1OCC(O)C(O)C1O)c1ccc(-c2ccc3cc(N4CCCCC4)ccc3c2)n1C. The van der Waals surface area contributed by atoms with Crippen LogP contribution in [0.3, 0.4) is 0 Å². The lowest BCUT2D eigenvalue weighted by Gasteiger charge is -2.35. The lowest BCUT2D eigenvalue weighted by Crippen LogP contribution is -2.56. The van der Waals surface area contributed by atoms with Gasteiger partial charge in [-0.2, -0.15) is 5.26 Å². The number of hydrogen-bond donors (Lipinski definition) is 4. The highest BCUT2D eigenvalue weighted by Gasteiger charge is 2.38. The van der Waals surface area contributed by atoms with E-state index < -0.39 is 39.3 Å². The first-order valence-corrected chi connectivity index (χ1v) is 15.3. The summed E-state index contributed by atoms with van der Waals surface area (Å²) in [4.78, 5) is 1.98. The van der Waals surface area contributed by atoms with Crippen LogP contribution in [0.4, 0.5) is 5.69 Å². The van der Waals surface area contributed by atoms with Crippen LogP contribution in [0.1, 0.15) is 31.9 Å². The predicted octanol–water partition coefficient (Wildman–Crippen LogP) is 2.49. The van der Waals surface area contributed by atoms with Crippen molar-refractivity contribution < 1.29 is 28.5 Å². The van der Waals surface area contributed by atoms with E-state index in [9.17, 15) is 29.0 Å². The van der Waals surface area contributed by atoms with Gasteiger partial charge in [0.1, 0.15) is 24.4 Å². The van der Waals surface area contributed by atoms with Gasteiger partial charge in [-0.05, 0) is 72.9 Å². The number of piperidine rings is 1. The second kappa shape index (κ2) is 11.9. The molecule has 10 nitrogen and oxygen atoms in total. The van der Waals surface area contributed by atoms with E-state index in [2.05, 4.69) is 40.0 Å². The largest absolute Gasteiger partial charge is 0.388 e. The molecule has 11 heteroatoms. The molecule has 0 saturated carbocycles. The molecule has 0 amide bonds. The van der Waals surface area contributed by atoms with E-state index in [1.54, 1.807) is 13.0 Å². The van der Waals surface area contributed by atoms with Gasteiger partial charge in [-0.1, -0.05) is 18.2 Å². The van der Waals surface area contributed by atoms with Crippen LogP contribution in [0.2, 0.25) is 0 Å². The third-order valence-electron chi connectivity index (χ3n) is 8.14. The molecule has 1 aromatic heterocycles. The number of fused-ring (bicyclic) bond motifs is 1. The Morgan fingerprint density at radius 2 is 1.73 bits per heavy atom. The van der Waals surface area contributed by atoms with Crippen molar-refractivity contribution in [2.75, 3.05) is 31.1 Å². The first-order valence-electron chi connectivity index (χ1n) is 13.8. The van der Waals surface area contributed by atoms with Crippen LogP contribution >= 0.6 is 0 Å². The Bertz CT molecular complexity index is 1600. The van der Waals surface area contributed by atoms with Crippen molar-refractivity contribution in [1.29, 1.82) is 5.26 Å². The molecule has 2 saturated heterocycles. The average Bonchev–Trinajstić information content (AvgIpc) is 3.36. The van der Waals surface area contributed by atoms with Crippen molar-refractivity contribution in [3.8, 4) is 17.3 Å². The Hall–Kier alpha value is -3.24. The van der Waals surface area contributed by atoms with Gasteiger partial charge < -0.3 is 29.5 Å². The zero-order chi connectivity index (χ0) is 29.3. The van der Waals surface area contributed by atoms with E-state index in [1.165, 1.54) is 24.9 Å². The Morgan fingerprint density at radius 3 is 2.46 bits per heavy atom. The fourth-order valence-electron chi connectivity index (χ4n) is 5.69. The molecule has 0 aliphatic carbocycles. The number of hydrogen-bond acceptors (Lipinski definition) is 8. The second-order valence-electron chi connectivity index (χ2n) is 10.8. The summed E-state index contributed by atoms with van der Waals surface area (Å²) in [5, 5.41) is 41.7. The highest BCUT2D eigenvalue weighted by atomic mass is 32.2. The minimum atomic E-state index is -4.27. The summed E-state index contributed by atoms with van der Waals surface area (Å²) in [6, 6.07) is 18.3. The van der Waals surface area contributed by atoms with Crippen LogP contribution in [0.15, 0.2) is 53.4 Å². The van der Waals surface area contributed by atoms with Gasteiger partial charge >= 0.3 is 0 Å². The number of nitrogens with one attached hydrogen (secondary N) is 1. The lowest BCUT2D eigenvalue weighted by atomic mass is 10.0. The normalized spacial score (nSPS) is 24.2. The van der Waals surface area contributed by atoms with Crippen molar-refractivity contribution in [3.63, 3.8) is 0 Å². The molecule has 0 bridgehead atoms. The number of aliphatic hydroxyl groups excluding tert-OH is 3. The molecule has 2 fully saturated rings. The van der Waals surface area contributed by atoms with Crippen LogP contribution in [0.5, 0.6) is 0 Å². The van der Waals surface area contributed by atoms with Gasteiger partial charge in [0.15, 0.2) is 4.91 Å². The molecule has 0 radical (unpaired) electrons. The van der Waals surface area contributed by atoms with Gasteiger partial charge in [-0.3, -0.25) is 0 Å². The number of aromatic nitrogens is 1. The molecule has 2 aliphatic rings. The van der Waals surface area contributed by atoms with E-state index in [4.69, 9.17) is 4.74 Å². The zero-order valence-electron chi connectivity index (χ0n) is 23.2. The zero-order valence-corrected chi connectivity index (χ0v) is 24.0. The first kappa shape index (κ1) is 29.3. The van der Waals surface area contributed by atoms with Crippen molar-refractivity contribution in [2.45, 2.75) is 50.6 Å². The summed E-state index contributed by atoms with van der Waals surface area (Å²) >= 11 is 0. The summed E-state index contributed by atoms with van der Waals surface area (Å²) in [7, 11) is -2.45. The van der Waals surface area contributed by atoms with Crippen molar-refractivity contribution in [2.24, 2.45) is 7.05 Å². The van der Waals surface area contributed by atoms with E-state index in [1.807, 2.05) is 29.8 Å². The van der Waals surface area contributed by atoms with Gasteiger partial charge in [-0.25, -0.2) is 13.1 Å². The second-order valence-corrected chi connectivity index (χ2v) is 12.5. The van der Waals surface area contributed by atoms with Crippen LogP contribution < -0.4 is 9.62 Å². The molecule has 0 spiro atoms. The molecular weight excluding hydrogens is 544 g/mol. The highest BCUT2D eigenvalue weighted by Crippen LogP contribution is 2.32. The topological polar surface area (TPSA) is 148 Å². The molecule has 2 aromatic carbocycles. The molecule has 3 aromatic rings. The molecule has 3 heterocycles. The molecule has 4 atom stereocenters. The number of benzene rings is 2. The van der Waals surface area contributed by atoms with Crippen molar-refractivity contribution >= 4 is 32.1 Å². The van der Waals surface area contributed by atoms with E-state index >= 15 is 0 Å². The summed E-state index contributed by atoms with van der Waals surface area (Å²) in [6.07, 6.45) is -1.55. The standard InChI is InChI=1S/C30H36N4O6S/c1-19(28(16-31)41(38,39)32-17-27-30(37)29(36)26(35)18-40-27)24-10-11-25(33(24)2)22-7-6-21-15-23(9-8-20(21)14-22)34-12-4-3-5-13-34/h6-11,14-15,26-27,29-30,32,35-37H,3-5,12-13,17-18H2,1-2H3. The Balaban J connectivity index is 1.37. The third-order valence-corrected chi connectivity index (χ3v) is 9.62. The summed E-state index contributed by atoms with van der Waals surface area (Å²) in [6.45, 7) is 3.13. The quantitative estimate of drug-likeness (QED) is 0.312. The average molecular weight is 581 g/mol. The fraction of sp³-hybridized carbons (Fsp3) is 0.433. The summed E-state index contributed by atoms with van der Waals surface area (Å²) < 4.78 is 35.6. The Labute approximate surface area is 240 Å². The maximum Gasteiger partial charge on any atom is 0.251 e. The summed E-state index contributed by atoms with van der Waals surface area (Å²) in [5.41, 5.74) is 3.91. The molecular formula is C30H36N4O6S. The number of allylic oxidation sites excluding steroid dienone is 2. The molecule has 5 rings (SSSR count). The molecule has 4 unspecified atom stereocenters. The summed E-state index contributed by atoms with van der Waals surface area (Å²) in [5.74, 6) is 0. The number of nitriles is 1. The smallest absolute Gasteiger partial charge is 0.251 e. The van der Waals surface area contributed by atoms with Crippen LogP contribution in [-0.2, 0) is 21.8 Å². The predicted molar refractivity (Wildman–Crippen MR) is 157 cm³/mol. The Kier molecular flexibility index (Phi) is 8.52. The Morgan fingerprint density at radius 1 is 1.02 bits per heavy atom. The minimum absolute atomic E-state index is 0.245. The van der Waals surface area contributed by atoms with E-state index in [0.717, 1.165) is 35.1 Å². The van der Waals surface area contributed by atoms with Gasteiger partial charge in [-0.15, -0.1) is 0 Å². The first-order chi connectivity index (χ1) is 19.6. The molecule has 41 heavy (non-hydrogen) atoms. The van der Waals surface area contributed by atoms with Gasteiger partial charge in [0.2, 0.25) is 0 Å². The van der Waals surface area contributed by atoms with Crippen molar-refractivity contribution in [3.05, 3.63) is 59.1 Å². The molecule has 4 N–H and O–H groups in total. The minimum Gasteiger partial charge on any atom is -0.388 e. The van der Waals surface area contributed by atoms with Gasteiger partial charge in [0, 0.05) is 49.3 Å². The molecule has 218 valence electrons. The number of nitrogens with zero attached hydrogens (tertiary/aromatic N) is 3. The highest BCUT2D eigenvalue weighted by molar-refractivity contribution is 7.93. The monoisotopic (exact) mass is 580 g/mol. The number of rotatable bonds is 7. The van der Waals surface area contributed by atoms with Crippen LogP contribution in [-0.4, -0.2) is 79.0 Å². The van der Waals surface area contributed by atoms with E-state index in [0.29, 0.717) is 5.69 Å². The fourth-order valence-corrected chi connectivity index (χ4v) is 6.85. The van der Waals surface area contributed by atoms with Gasteiger partial charge in [0.05, 0.1) is 12.7 Å². The molecule has 2 aliphatic heterocycles. The maximum absolute atomic E-state index is 13.1. The number of sulfonamides is 1.